The van der Waals surface area contributed by atoms with Gasteiger partial charge in [-0.2, -0.15) is 8.42 Å². The van der Waals surface area contributed by atoms with Crippen molar-refractivity contribution in [3.63, 3.8) is 0 Å². The number of hydrogen-bond acceptors (Lipinski definition) is 3. The Morgan fingerprint density at radius 3 is 2.32 bits per heavy atom. The van der Waals surface area contributed by atoms with Crippen LogP contribution in [-0.2, 0) is 14.9 Å². The molecule has 1 N–H and O–H groups in total. The minimum absolute atomic E-state index is 0.0422. The molecule has 4 nitrogen and oxygen atoms in total. The molecule has 22 heavy (non-hydrogen) atoms. The van der Waals surface area contributed by atoms with Crippen molar-refractivity contribution >= 4 is 10.1 Å². The third-order valence-corrected chi connectivity index (χ3v) is 4.66. The molecule has 0 saturated carbocycles. The molecule has 0 aliphatic heterocycles. The molecule has 0 spiro atoms. The zero-order valence-electron chi connectivity index (χ0n) is 13.6. The first-order chi connectivity index (χ1) is 10.5. The van der Waals surface area contributed by atoms with Gasteiger partial charge in [-0.1, -0.05) is 63.6 Å². The van der Waals surface area contributed by atoms with Gasteiger partial charge in [0.2, 0.25) is 0 Å². The zero-order valence-corrected chi connectivity index (χ0v) is 14.4. The first kappa shape index (κ1) is 19.1. The SMILES string of the molecule is CCCCCCCCC(OCC)c1ccccc1S(=O)(=O)O. The Kier molecular flexibility index (Phi) is 8.68. The zero-order chi connectivity index (χ0) is 16.4. The van der Waals surface area contributed by atoms with Crippen LogP contribution in [0.1, 0.15) is 70.5 Å². The highest BCUT2D eigenvalue weighted by molar-refractivity contribution is 7.85. The fourth-order valence-electron chi connectivity index (χ4n) is 2.62. The van der Waals surface area contributed by atoms with Crippen molar-refractivity contribution in [1.82, 2.24) is 0 Å². The lowest BCUT2D eigenvalue weighted by Crippen LogP contribution is -2.10. The van der Waals surface area contributed by atoms with E-state index in [1.54, 1.807) is 18.2 Å². The van der Waals surface area contributed by atoms with E-state index in [2.05, 4.69) is 6.92 Å². The first-order valence-electron chi connectivity index (χ1n) is 8.18. The third kappa shape index (κ3) is 6.46. The molecule has 0 radical (unpaired) electrons. The summed E-state index contributed by atoms with van der Waals surface area (Å²) in [4.78, 5) is -0.0422. The van der Waals surface area contributed by atoms with Crippen LogP contribution in [0.2, 0.25) is 0 Å². The number of ether oxygens (including phenoxy) is 1. The quantitative estimate of drug-likeness (QED) is 0.470. The predicted octanol–water partition coefficient (Wildman–Crippen LogP) is 4.76. The van der Waals surface area contributed by atoms with E-state index in [1.807, 2.05) is 6.92 Å². The molecule has 1 aromatic carbocycles. The summed E-state index contributed by atoms with van der Waals surface area (Å²) in [5.74, 6) is 0. The summed E-state index contributed by atoms with van der Waals surface area (Å²) < 4.78 is 38.1. The Hall–Kier alpha value is -0.910. The normalized spacial score (nSPS) is 13.2. The second-order valence-corrected chi connectivity index (χ2v) is 6.90. The standard InChI is InChI=1S/C17H28O4S/c1-3-5-6-7-8-9-13-16(21-4-2)15-12-10-11-14-17(15)22(18,19)20/h10-12,14,16H,3-9,13H2,1-2H3,(H,18,19,20). The Balaban J connectivity index is 2.71. The fourth-order valence-corrected chi connectivity index (χ4v) is 3.37. The van der Waals surface area contributed by atoms with Crippen molar-refractivity contribution in [3.05, 3.63) is 29.8 Å². The number of benzene rings is 1. The molecule has 0 amide bonds. The highest BCUT2D eigenvalue weighted by Gasteiger charge is 2.21. The fraction of sp³-hybridized carbons (Fsp3) is 0.647. The van der Waals surface area contributed by atoms with Crippen molar-refractivity contribution < 1.29 is 17.7 Å². The summed E-state index contributed by atoms with van der Waals surface area (Å²) in [6.07, 6.45) is 7.54. The molecule has 1 rings (SSSR count). The van der Waals surface area contributed by atoms with Crippen molar-refractivity contribution in [2.24, 2.45) is 0 Å². The largest absolute Gasteiger partial charge is 0.374 e. The lowest BCUT2D eigenvalue weighted by atomic mass is 10.0. The summed E-state index contributed by atoms with van der Waals surface area (Å²) >= 11 is 0. The van der Waals surface area contributed by atoms with E-state index in [1.165, 1.54) is 31.7 Å². The van der Waals surface area contributed by atoms with Gasteiger partial charge in [-0.05, 0) is 19.4 Å². The molecule has 1 atom stereocenters. The van der Waals surface area contributed by atoms with E-state index in [4.69, 9.17) is 4.74 Å². The van der Waals surface area contributed by atoms with Crippen LogP contribution in [-0.4, -0.2) is 19.6 Å². The van der Waals surface area contributed by atoms with Gasteiger partial charge >= 0.3 is 0 Å². The van der Waals surface area contributed by atoms with Crippen molar-refractivity contribution in [3.8, 4) is 0 Å². The van der Waals surface area contributed by atoms with Gasteiger partial charge < -0.3 is 4.74 Å². The maximum atomic E-state index is 11.5. The highest BCUT2D eigenvalue weighted by Crippen LogP contribution is 2.29. The van der Waals surface area contributed by atoms with E-state index in [9.17, 15) is 13.0 Å². The van der Waals surface area contributed by atoms with Crippen molar-refractivity contribution in [2.75, 3.05) is 6.61 Å². The van der Waals surface area contributed by atoms with Crippen molar-refractivity contribution in [1.29, 1.82) is 0 Å². The molecular formula is C17H28O4S. The van der Waals surface area contributed by atoms with E-state index in [0.29, 0.717) is 12.2 Å². The Labute approximate surface area is 134 Å². The lowest BCUT2D eigenvalue weighted by Gasteiger charge is -2.19. The van der Waals surface area contributed by atoms with E-state index < -0.39 is 10.1 Å². The van der Waals surface area contributed by atoms with Gasteiger partial charge in [0.25, 0.3) is 10.1 Å². The van der Waals surface area contributed by atoms with Crippen molar-refractivity contribution in [2.45, 2.75) is 69.8 Å². The Morgan fingerprint density at radius 1 is 1.05 bits per heavy atom. The molecule has 0 aromatic heterocycles. The maximum absolute atomic E-state index is 11.5. The summed E-state index contributed by atoms with van der Waals surface area (Å²) in [6, 6.07) is 6.54. The van der Waals surface area contributed by atoms with Gasteiger partial charge in [0.1, 0.15) is 0 Å². The van der Waals surface area contributed by atoms with Crippen LogP contribution < -0.4 is 0 Å². The third-order valence-electron chi connectivity index (χ3n) is 3.73. The first-order valence-corrected chi connectivity index (χ1v) is 9.62. The molecule has 0 bridgehead atoms. The van der Waals surface area contributed by atoms with Gasteiger partial charge in [-0.25, -0.2) is 0 Å². The van der Waals surface area contributed by atoms with Gasteiger partial charge in [0.05, 0.1) is 11.0 Å². The molecule has 126 valence electrons. The second kappa shape index (κ2) is 9.98. The summed E-state index contributed by atoms with van der Waals surface area (Å²) in [7, 11) is -4.22. The molecule has 5 heteroatoms. The van der Waals surface area contributed by atoms with E-state index in [-0.39, 0.29) is 11.0 Å². The summed E-state index contributed by atoms with van der Waals surface area (Å²) in [5.41, 5.74) is 0.556. The van der Waals surface area contributed by atoms with Crippen LogP contribution in [0, 0.1) is 0 Å². The molecule has 0 saturated heterocycles. The van der Waals surface area contributed by atoms with Crippen LogP contribution in [0.3, 0.4) is 0 Å². The van der Waals surface area contributed by atoms with E-state index in [0.717, 1.165) is 19.3 Å². The van der Waals surface area contributed by atoms with Crippen LogP contribution in [0.5, 0.6) is 0 Å². The maximum Gasteiger partial charge on any atom is 0.294 e. The second-order valence-electron chi connectivity index (χ2n) is 5.51. The van der Waals surface area contributed by atoms with Crippen LogP contribution in [0.15, 0.2) is 29.2 Å². The number of hydrogen-bond donors (Lipinski definition) is 1. The van der Waals surface area contributed by atoms with Gasteiger partial charge in [-0.3, -0.25) is 4.55 Å². The van der Waals surface area contributed by atoms with Gasteiger partial charge in [0, 0.05) is 12.2 Å². The highest BCUT2D eigenvalue weighted by atomic mass is 32.2. The van der Waals surface area contributed by atoms with Gasteiger partial charge in [0.15, 0.2) is 0 Å². The van der Waals surface area contributed by atoms with Crippen LogP contribution in [0.4, 0.5) is 0 Å². The Bertz CT molecular complexity index is 525. The predicted molar refractivity (Wildman–Crippen MR) is 88.6 cm³/mol. The minimum atomic E-state index is -4.22. The molecule has 0 aliphatic carbocycles. The number of rotatable bonds is 11. The summed E-state index contributed by atoms with van der Waals surface area (Å²) in [5, 5.41) is 0. The molecule has 1 aromatic rings. The minimum Gasteiger partial charge on any atom is -0.374 e. The smallest absolute Gasteiger partial charge is 0.294 e. The average molecular weight is 328 g/mol. The monoisotopic (exact) mass is 328 g/mol. The van der Waals surface area contributed by atoms with E-state index >= 15 is 0 Å². The molecule has 0 fully saturated rings. The lowest BCUT2D eigenvalue weighted by molar-refractivity contribution is 0.0521. The van der Waals surface area contributed by atoms with Gasteiger partial charge in [-0.15, -0.1) is 0 Å². The average Bonchev–Trinajstić information content (AvgIpc) is 2.49. The number of unbranched alkanes of at least 4 members (excludes halogenated alkanes) is 5. The molecular weight excluding hydrogens is 300 g/mol. The van der Waals surface area contributed by atoms with Crippen LogP contribution in [0.25, 0.3) is 0 Å². The summed E-state index contributed by atoms with van der Waals surface area (Å²) in [6.45, 7) is 4.60. The molecule has 1 unspecified atom stereocenters. The van der Waals surface area contributed by atoms with Crippen LogP contribution >= 0.6 is 0 Å². The molecule has 0 heterocycles. The molecule has 0 aliphatic rings. The Morgan fingerprint density at radius 2 is 1.68 bits per heavy atom. The topological polar surface area (TPSA) is 63.6 Å².